The summed E-state index contributed by atoms with van der Waals surface area (Å²) in [6.07, 6.45) is 2.17. The van der Waals surface area contributed by atoms with Gasteiger partial charge in [-0.1, -0.05) is 6.42 Å². The number of amides is 2. The summed E-state index contributed by atoms with van der Waals surface area (Å²) < 4.78 is 0. The summed E-state index contributed by atoms with van der Waals surface area (Å²) in [5.41, 5.74) is 0. The Morgan fingerprint density at radius 2 is 2.35 bits per heavy atom. The zero-order valence-electron chi connectivity index (χ0n) is 9.39. The largest absolute Gasteiger partial charge is 0.482 e. The van der Waals surface area contributed by atoms with Gasteiger partial charge in [-0.2, -0.15) is 11.8 Å². The quantitative estimate of drug-likeness (QED) is 0.489. The summed E-state index contributed by atoms with van der Waals surface area (Å²) in [4.78, 5) is 21.7. The number of carbonyl (C=O) groups is 2. The van der Waals surface area contributed by atoms with Gasteiger partial charge in [0, 0.05) is 16.8 Å². The summed E-state index contributed by atoms with van der Waals surface area (Å²) in [6, 6.07) is 0.326. The van der Waals surface area contributed by atoms with Crippen molar-refractivity contribution < 1.29 is 14.7 Å². The van der Waals surface area contributed by atoms with Crippen LogP contribution in [0.5, 0.6) is 0 Å². The van der Waals surface area contributed by atoms with E-state index in [1.807, 2.05) is 11.8 Å². The highest BCUT2D eigenvalue weighted by molar-refractivity contribution is 8.00. The Balaban J connectivity index is 1.73. The molecule has 7 heteroatoms. The maximum Gasteiger partial charge on any atom is 0.315 e. The predicted molar refractivity (Wildman–Crippen MR) is 66.5 cm³/mol. The lowest BCUT2D eigenvalue weighted by atomic mass is 9.83. The molecule has 0 aromatic rings. The standard InChI is InChI=1S/C10H15BN2O3S/c11-5(9(14)15)2-1-3-7-8-6(4-17-7)12-10(16)13-8/h5-8H,1-4H2,(H,14,15)(H2,12,13,16)/t5?,6-,7-,8-/m0/s1. The smallest absolute Gasteiger partial charge is 0.315 e. The molecule has 0 spiro atoms. The molecule has 2 fully saturated rings. The van der Waals surface area contributed by atoms with E-state index in [9.17, 15) is 9.59 Å². The SMILES string of the molecule is [B]C(CCC[C@@H]1SC[C@@H]2NC(=O)N[C@@H]21)C(=O)O. The molecule has 2 heterocycles. The maximum atomic E-state index is 11.1. The summed E-state index contributed by atoms with van der Waals surface area (Å²) in [5.74, 6) is -0.787. The van der Waals surface area contributed by atoms with Crippen molar-refractivity contribution in [3.8, 4) is 0 Å². The first kappa shape index (κ1) is 12.6. The molecule has 2 radical (unpaired) electrons. The second-order valence-corrected chi connectivity index (χ2v) is 5.77. The van der Waals surface area contributed by atoms with Gasteiger partial charge in [0.15, 0.2) is 0 Å². The number of carbonyl (C=O) groups excluding carboxylic acids is 1. The monoisotopic (exact) mass is 254 g/mol. The van der Waals surface area contributed by atoms with Crippen LogP contribution in [0.1, 0.15) is 19.3 Å². The minimum atomic E-state index is -0.946. The van der Waals surface area contributed by atoms with Crippen molar-refractivity contribution in [2.75, 3.05) is 5.75 Å². The second-order valence-electron chi connectivity index (χ2n) is 4.50. The van der Waals surface area contributed by atoms with Gasteiger partial charge in [-0.3, -0.25) is 4.79 Å². The van der Waals surface area contributed by atoms with Crippen molar-refractivity contribution in [3.63, 3.8) is 0 Å². The van der Waals surface area contributed by atoms with Gasteiger partial charge in [-0.15, -0.1) is 0 Å². The van der Waals surface area contributed by atoms with Crippen molar-refractivity contribution in [1.82, 2.24) is 10.6 Å². The third-order valence-electron chi connectivity index (χ3n) is 3.26. The average Bonchev–Trinajstić information content (AvgIpc) is 2.78. The van der Waals surface area contributed by atoms with Gasteiger partial charge in [0.25, 0.3) is 5.97 Å². The molecule has 2 rings (SSSR count). The first-order chi connectivity index (χ1) is 8.08. The van der Waals surface area contributed by atoms with Crippen LogP contribution >= 0.6 is 11.8 Å². The molecule has 2 saturated heterocycles. The highest BCUT2D eigenvalue weighted by Crippen LogP contribution is 2.33. The minimum absolute atomic E-state index is 0.0902. The molecule has 0 aliphatic carbocycles. The average molecular weight is 254 g/mol. The molecule has 17 heavy (non-hydrogen) atoms. The summed E-state index contributed by atoms with van der Waals surface area (Å²) in [6.45, 7) is 0. The van der Waals surface area contributed by atoms with Crippen LogP contribution in [0.3, 0.4) is 0 Å². The van der Waals surface area contributed by atoms with E-state index in [0.29, 0.717) is 11.7 Å². The van der Waals surface area contributed by atoms with Gasteiger partial charge < -0.3 is 15.7 Å². The van der Waals surface area contributed by atoms with Gasteiger partial charge in [0.1, 0.15) is 0 Å². The van der Waals surface area contributed by atoms with Crippen LogP contribution < -0.4 is 10.6 Å². The molecule has 2 aliphatic rings. The van der Waals surface area contributed by atoms with E-state index in [-0.39, 0.29) is 18.1 Å². The van der Waals surface area contributed by atoms with E-state index in [4.69, 9.17) is 13.0 Å². The fraction of sp³-hybridized carbons (Fsp3) is 0.800. The van der Waals surface area contributed by atoms with Crippen LogP contribution in [0.4, 0.5) is 4.79 Å². The fourth-order valence-corrected chi connectivity index (χ4v) is 3.85. The Hall–Kier alpha value is -0.845. The Bertz CT molecular complexity index is 329. The normalized spacial score (nSPS) is 32.7. The number of hydrogen-bond donors (Lipinski definition) is 3. The van der Waals surface area contributed by atoms with Crippen LogP contribution in [0.15, 0.2) is 0 Å². The first-order valence-electron chi connectivity index (χ1n) is 5.75. The summed E-state index contributed by atoms with van der Waals surface area (Å²) in [7, 11) is 5.44. The number of thioether (sulfide) groups is 1. The second kappa shape index (κ2) is 5.20. The molecule has 0 aromatic carbocycles. The van der Waals surface area contributed by atoms with E-state index in [1.54, 1.807) is 0 Å². The Morgan fingerprint density at radius 1 is 1.59 bits per heavy atom. The topological polar surface area (TPSA) is 78.4 Å². The summed E-state index contributed by atoms with van der Waals surface area (Å²) >= 11 is 1.83. The van der Waals surface area contributed by atoms with Crippen molar-refractivity contribution in [2.45, 2.75) is 42.4 Å². The number of rotatable bonds is 5. The fourth-order valence-electron chi connectivity index (χ4n) is 2.31. The molecule has 2 aliphatic heterocycles. The van der Waals surface area contributed by atoms with E-state index in [2.05, 4.69) is 10.6 Å². The predicted octanol–water partition coefficient (Wildman–Crippen LogP) is 0.364. The molecular formula is C10H15BN2O3S. The van der Waals surface area contributed by atoms with Gasteiger partial charge in [0.2, 0.25) is 0 Å². The number of urea groups is 1. The van der Waals surface area contributed by atoms with Crippen LogP contribution in [0.2, 0.25) is 5.82 Å². The molecule has 3 N–H and O–H groups in total. The van der Waals surface area contributed by atoms with Crippen molar-refractivity contribution >= 4 is 31.6 Å². The van der Waals surface area contributed by atoms with E-state index >= 15 is 0 Å². The molecule has 5 nitrogen and oxygen atoms in total. The maximum absolute atomic E-state index is 11.1. The molecule has 92 valence electrons. The lowest BCUT2D eigenvalue weighted by Crippen LogP contribution is -2.36. The third-order valence-corrected chi connectivity index (χ3v) is 4.77. The van der Waals surface area contributed by atoms with Crippen LogP contribution in [-0.2, 0) is 4.79 Å². The van der Waals surface area contributed by atoms with Crippen LogP contribution in [0, 0.1) is 0 Å². The van der Waals surface area contributed by atoms with Crippen molar-refractivity contribution in [1.29, 1.82) is 0 Å². The van der Waals surface area contributed by atoms with Gasteiger partial charge in [0.05, 0.1) is 19.9 Å². The Labute approximate surface area is 106 Å². The zero-order valence-corrected chi connectivity index (χ0v) is 10.2. The molecule has 0 saturated carbocycles. The highest BCUT2D eigenvalue weighted by atomic mass is 32.2. The molecular weight excluding hydrogens is 239 g/mol. The molecule has 0 bridgehead atoms. The van der Waals surface area contributed by atoms with Gasteiger partial charge in [-0.05, 0) is 12.8 Å². The number of hydrogen-bond acceptors (Lipinski definition) is 3. The Morgan fingerprint density at radius 3 is 3.06 bits per heavy atom. The summed E-state index contributed by atoms with van der Waals surface area (Å²) in [5, 5.41) is 14.8. The van der Waals surface area contributed by atoms with Gasteiger partial charge >= 0.3 is 6.03 Å². The van der Waals surface area contributed by atoms with Crippen molar-refractivity contribution in [3.05, 3.63) is 0 Å². The number of fused-ring (bicyclic) bond motifs is 1. The third kappa shape index (κ3) is 2.88. The lowest BCUT2D eigenvalue weighted by Gasteiger charge is -2.17. The lowest BCUT2D eigenvalue weighted by molar-refractivity contribution is -0.137. The molecule has 4 atom stereocenters. The van der Waals surface area contributed by atoms with Crippen molar-refractivity contribution in [2.24, 2.45) is 0 Å². The number of carboxylic acid groups (broad SMARTS) is 1. The van der Waals surface area contributed by atoms with E-state index in [1.165, 1.54) is 0 Å². The molecule has 2 amide bonds. The number of carboxylic acids is 1. The first-order valence-corrected chi connectivity index (χ1v) is 6.80. The van der Waals surface area contributed by atoms with Crippen LogP contribution in [0.25, 0.3) is 0 Å². The van der Waals surface area contributed by atoms with E-state index in [0.717, 1.165) is 18.6 Å². The number of aliphatic carboxylic acids is 1. The van der Waals surface area contributed by atoms with E-state index < -0.39 is 11.8 Å². The van der Waals surface area contributed by atoms with Crippen LogP contribution in [-0.4, -0.2) is 48.0 Å². The zero-order chi connectivity index (χ0) is 12.4. The number of nitrogens with one attached hydrogen (secondary N) is 2. The molecule has 0 aromatic heterocycles. The highest BCUT2D eigenvalue weighted by Gasteiger charge is 2.42. The molecule has 1 unspecified atom stereocenters. The Kier molecular flexibility index (Phi) is 3.86. The van der Waals surface area contributed by atoms with Gasteiger partial charge in [-0.25, -0.2) is 4.79 Å². The minimum Gasteiger partial charge on any atom is -0.482 e.